The molecule has 0 fully saturated rings. The highest BCUT2D eigenvalue weighted by Gasteiger charge is 2.17. The fraction of sp³-hybridized carbons (Fsp3) is 0.280. The molecular formula is C25H26N4O2S. The largest absolute Gasteiger partial charge is 0.350 e. The SMILES string of the molecule is Cc1ccc(-c2nc(CCNC(=O)c3nn(CC(C)C)c(=O)c4ccccc34)cs2)cc1. The van der Waals surface area contributed by atoms with Crippen LogP contribution in [0.3, 0.4) is 0 Å². The third-order valence-electron chi connectivity index (χ3n) is 5.14. The van der Waals surface area contributed by atoms with Crippen LogP contribution in [-0.4, -0.2) is 27.2 Å². The Hall–Kier alpha value is -3.32. The molecule has 0 radical (unpaired) electrons. The van der Waals surface area contributed by atoms with Crippen LogP contribution < -0.4 is 10.9 Å². The Kier molecular flexibility index (Phi) is 6.46. The second-order valence-electron chi connectivity index (χ2n) is 8.29. The van der Waals surface area contributed by atoms with Gasteiger partial charge in [0.15, 0.2) is 5.69 Å². The van der Waals surface area contributed by atoms with Gasteiger partial charge in [-0.2, -0.15) is 5.10 Å². The number of aromatic nitrogens is 3. The minimum atomic E-state index is -0.285. The number of thiazole rings is 1. The van der Waals surface area contributed by atoms with Gasteiger partial charge in [0, 0.05) is 35.8 Å². The van der Waals surface area contributed by atoms with Crippen LogP contribution in [0.1, 0.15) is 35.6 Å². The maximum Gasteiger partial charge on any atom is 0.274 e. The molecule has 1 N–H and O–H groups in total. The fourth-order valence-corrected chi connectivity index (χ4v) is 4.37. The standard InChI is InChI=1S/C25H26N4O2S/c1-16(2)14-29-25(31)21-7-5-4-6-20(21)22(28-29)23(30)26-13-12-19-15-32-24(27-19)18-10-8-17(3)9-11-18/h4-11,15-16H,12-14H2,1-3H3,(H,26,30). The third-order valence-corrected chi connectivity index (χ3v) is 6.08. The number of nitrogens with zero attached hydrogens (tertiary/aromatic N) is 3. The van der Waals surface area contributed by atoms with E-state index >= 15 is 0 Å². The smallest absolute Gasteiger partial charge is 0.274 e. The molecule has 4 rings (SSSR count). The molecule has 2 heterocycles. The average Bonchev–Trinajstić information content (AvgIpc) is 3.25. The number of carbonyl (C=O) groups excluding carboxylic acids is 1. The van der Waals surface area contributed by atoms with Crippen molar-refractivity contribution in [3.63, 3.8) is 0 Å². The zero-order valence-electron chi connectivity index (χ0n) is 18.5. The number of nitrogens with one attached hydrogen (secondary N) is 1. The number of benzene rings is 2. The maximum atomic E-state index is 12.9. The molecule has 0 atom stereocenters. The number of carbonyl (C=O) groups is 1. The molecule has 4 aromatic rings. The maximum absolute atomic E-state index is 12.9. The minimum Gasteiger partial charge on any atom is -0.350 e. The van der Waals surface area contributed by atoms with Gasteiger partial charge in [0.1, 0.15) is 5.01 Å². The van der Waals surface area contributed by atoms with Crippen molar-refractivity contribution in [3.8, 4) is 10.6 Å². The normalized spacial score (nSPS) is 11.2. The number of rotatable bonds is 7. The van der Waals surface area contributed by atoms with Crippen molar-refractivity contribution in [2.45, 2.75) is 33.7 Å². The van der Waals surface area contributed by atoms with E-state index in [1.807, 2.05) is 25.3 Å². The Morgan fingerprint density at radius 1 is 1.09 bits per heavy atom. The number of hydrogen-bond acceptors (Lipinski definition) is 5. The van der Waals surface area contributed by atoms with E-state index in [2.05, 4.69) is 41.6 Å². The average molecular weight is 447 g/mol. The highest BCUT2D eigenvalue weighted by atomic mass is 32.1. The van der Waals surface area contributed by atoms with Gasteiger partial charge < -0.3 is 5.32 Å². The van der Waals surface area contributed by atoms with E-state index in [1.165, 1.54) is 10.2 Å². The number of aryl methyl sites for hydroxylation is 1. The van der Waals surface area contributed by atoms with E-state index in [1.54, 1.807) is 29.5 Å². The molecule has 0 saturated carbocycles. The van der Waals surface area contributed by atoms with Crippen molar-refractivity contribution < 1.29 is 4.79 Å². The first-order chi connectivity index (χ1) is 15.4. The zero-order valence-corrected chi connectivity index (χ0v) is 19.3. The van der Waals surface area contributed by atoms with Gasteiger partial charge in [-0.1, -0.05) is 61.9 Å². The van der Waals surface area contributed by atoms with E-state index in [-0.39, 0.29) is 23.1 Å². The topological polar surface area (TPSA) is 76.9 Å². The molecule has 0 aliphatic carbocycles. The first-order valence-corrected chi connectivity index (χ1v) is 11.6. The Morgan fingerprint density at radius 2 is 1.81 bits per heavy atom. The summed E-state index contributed by atoms with van der Waals surface area (Å²) in [6.45, 7) is 7.00. The van der Waals surface area contributed by atoms with Gasteiger partial charge >= 0.3 is 0 Å². The summed E-state index contributed by atoms with van der Waals surface area (Å²) >= 11 is 1.60. The van der Waals surface area contributed by atoms with Crippen LogP contribution in [0.25, 0.3) is 21.3 Å². The molecule has 0 saturated heterocycles. The van der Waals surface area contributed by atoms with Crippen LogP contribution in [0.15, 0.2) is 58.7 Å². The van der Waals surface area contributed by atoms with Gasteiger partial charge in [0.2, 0.25) is 0 Å². The highest BCUT2D eigenvalue weighted by molar-refractivity contribution is 7.13. The van der Waals surface area contributed by atoms with Crippen molar-refractivity contribution in [3.05, 3.63) is 81.2 Å². The van der Waals surface area contributed by atoms with Gasteiger partial charge in [-0.05, 0) is 18.9 Å². The molecule has 1 amide bonds. The summed E-state index contributed by atoms with van der Waals surface area (Å²) in [5.74, 6) is -0.0441. The van der Waals surface area contributed by atoms with Gasteiger partial charge in [-0.25, -0.2) is 9.67 Å². The van der Waals surface area contributed by atoms with Crippen LogP contribution in [0.4, 0.5) is 0 Å². The molecule has 0 aliphatic heterocycles. The van der Waals surface area contributed by atoms with Crippen molar-refractivity contribution >= 4 is 28.0 Å². The van der Waals surface area contributed by atoms with Crippen LogP contribution in [-0.2, 0) is 13.0 Å². The minimum absolute atomic E-state index is 0.169. The monoisotopic (exact) mass is 446 g/mol. The lowest BCUT2D eigenvalue weighted by molar-refractivity contribution is 0.0948. The van der Waals surface area contributed by atoms with E-state index in [0.29, 0.717) is 30.3 Å². The van der Waals surface area contributed by atoms with Gasteiger partial charge in [0.05, 0.1) is 11.1 Å². The summed E-state index contributed by atoms with van der Waals surface area (Å²) in [5.41, 5.74) is 3.36. The molecule has 2 aromatic carbocycles. The Labute approximate surface area is 190 Å². The molecule has 6 nitrogen and oxygen atoms in total. The number of fused-ring (bicyclic) bond motifs is 1. The summed E-state index contributed by atoms with van der Waals surface area (Å²) in [6.07, 6.45) is 0.623. The van der Waals surface area contributed by atoms with Gasteiger partial charge in [-0.3, -0.25) is 9.59 Å². The second kappa shape index (κ2) is 9.44. The van der Waals surface area contributed by atoms with Gasteiger partial charge in [-0.15, -0.1) is 11.3 Å². The number of amides is 1. The summed E-state index contributed by atoms with van der Waals surface area (Å²) in [4.78, 5) is 30.4. The predicted molar refractivity (Wildman–Crippen MR) is 129 cm³/mol. The van der Waals surface area contributed by atoms with Crippen LogP contribution in [0.5, 0.6) is 0 Å². The number of hydrogen-bond donors (Lipinski definition) is 1. The fourth-order valence-electron chi connectivity index (χ4n) is 3.51. The van der Waals surface area contributed by atoms with Crippen LogP contribution >= 0.6 is 11.3 Å². The van der Waals surface area contributed by atoms with E-state index < -0.39 is 0 Å². The molecular weight excluding hydrogens is 420 g/mol. The van der Waals surface area contributed by atoms with Crippen molar-refractivity contribution in [2.24, 2.45) is 5.92 Å². The zero-order chi connectivity index (χ0) is 22.7. The predicted octanol–water partition coefficient (Wildman–Crippen LogP) is 4.46. The summed E-state index contributed by atoms with van der Waals surface area (Å²) in [6, 6.07) is 15.4. The summed E-state index contributed by atoms with van der Waals surface area (Å²) in [5, 5.41) is 11.4. The van der Waals surface area contributed by atoms with Crippen molar-refractivity contribution in [2.75, 3.05) is 6.54 Å². The molecule has 32 heavy (non-hydrogen) atoms. The third kappa shape index (κ3) is 4.78. The Bertz CT molecular complexity index is 1310. The van der Waals surface area contributed by atoms with Crippen LogP contribution in [0, 0.1) is 12.8 Å². The molecule has 0 unspecified atom stereocenters. The molecule has 164 valence electrons. The first kappa shape index (κ1) is 21.9. The summed E-state index contributed by atoms with van der Waals surface area (Å²) < 4.78 is 1.40. The Balaban J connectivity index is 1.48. The van der Waals surface area contributed by atoms with Crippen LogP contribution in [0.2, 0.25) is 0 Å². The van der Waals surface area contributed by atoms with Crippen molar-refractivity contribution in [1.29, 1.82) is 0 Å². The molecule has 0 spiro atoms. The highest BCUT2D eigenvalue weighted by Crippen LogP contribution is 2.24. The van der Waals surface area contributed by atoms with E-state index in [9.17, 15) is 9.59 Å². The van der Waals surface area contributed by atoms with E-state index in [4.69, 9.17) is 4.98 Å². The molecule has 7 heteroatoms. The molecule has 2 aromatic heterocycles. The second-order valence-corrected chi connectivity index (χ2v) is 9.15. The lowest BCUT2D eigenvalue weighted by Gasteiger charge is -2.12. The van der Waals surface area contributed by atoms with E-state index in [0.717, 1.165) is 16.3 Å². The quantitative estimate of drug-likeness (QED) is 0.455. The molecule has 0 aliphatic rings. The Morgan fingerprint density at radius 3 is 2.53 bits per heavy atom. The summed E-state index contributed by atoms with van der Waals surface area (Å²) in [7, 11) is 0. The van der Waals surface area contributed by atoms with Gasteiger partial charge in [0.25, 0.3) is 11.5 Å². The lowest BCUT2D eigenvalue weighted by Crippen LogP contribution is -2.32. The first-order valence-electron chi connectivity index (χ1n) is 10.7. The van der Waals surface area contributed by atoms with Crippen molar-refractivity contribution in [1.82, 2.24) is 20.1 Å². The molecule has 0 bridgehead atoms. The lowest BCUT2D eigenvalue weighted by atomic mass is 10.1.